The normalized spacial score (nSPS) is 31.3. The van der Waals surface area contributed by atoms with Crippen LogP contribution in [0.1, 0.15) is 6.42 Å². The molecule has 2 rings (SSSR count). The molecule has 27 heavy (non-hydrogen) atoms. The first-order valence-electron chi connectivity index (χ1n) is 8.39. The molecule has 0 spiro atoms. The van der Waals surface area contributed by atoms with Crippen LogP contribution in [0.2, 0.25) is 0 Å². The molecule has 0 aromatic rings. The number of fused-ring (bicyclic) bond motifs is 2. The summed E-state index contributed by atoms with van der Waals surface area (Å²) < 4.78 is 29.2. The molecule has 152 valence electrons. The van der Waals surface area contributed by atoms with E-state index in [0.717, 1.165) is 0 Å². The van der Waals surface area contributed by atoms with E-state index in [9.17, 15) is 19.2 Å². The second-order valence-corrected chi connectivity index (χ2v) is 6.45. The van der Waals surface area contributed by atoms with Gasteiger partial charge in [-0.15, -0.1) is 0 Å². The molecule has 0 saturated heterocycles. The highest BCUT2D eigenvalue weighted by molar-refractivity contribution is 5.90. The van der Waals surface area contributed by atoms with Crippen molar-refractivity contribution < 1.29 is 47.6 Å². The Morgan fingerprint density at radius 3 is 1.26 bits per heavy atom. The van der Waals surface area contributed by atoms with Gasteiger partial charge >= 0.3 is 23.9 Å². The fraction of sp³-hybridized carbons (Fsp3) is 0.765. The molecule has 10 nitrogen and oxygen atoms in total. The Kier molecular flexibility index (Phi) is 7.14. The Hall–Kier alpha value is -2.20. The fourth-order valence-corrected chi connectivity index (χ4v) is 4.40. The summed E-state index contributed by atoms with van der Waals surface area (Å²) in [7, 11) is 5.10. The zero-order valence-electron chi connectivity index (χ0n) is 15.7. The molecule has 6 atom stereocenters. The molecule has 0 amide bonds. The van der Waals surface area contributed by atoms with Gasteiger partial charge in [-0.25, -0.2) is 0 Å². The quantitative estimate of drug-likeness (QED) is 0.312. The van der Waals surface area contributed by atoms with Crippen LogP contribution in [0.25, 0.3) is 0 Å². The van der Waals surface area contributed by atoms with Gasteiger partial charge in [0.2, 0.25) is 0 Å². The van der Waals surface area contributed by atoms with Crippen LogP contribution in [-0.2, 0) is 47.6 Å². The molecule has 6 unspecified atom stereocenters. The lowest BCUT2D eigenvalue weighted by Crippen LogP contribution is -2.48. The van der Waals surface area contributed by atoms with Crippen molar-refractivity contribution in [1.29, 1.82) is 0 Å². The highest BCUT2D eigenvalue weighted by atomic mass is 16.7. The van der Waals surface area contributed by atoms with Crippen LogP contribution in [0, 0.1) is 35.5 Å². The standard InChI is InChI=1S/C17H24O10/c1-22-6-26-16(20)12-8-5-9(10(12)14(18)24-3)13(11(8)15(19)25-4)17(21)27-7-23-2/h8-13H,5-7H2,1-4H3. The van der Waals surface area contributed by atoms with Crippen LogP contribution in [-0.4, -0.2) is 65.9 Å². The third kappa shape index (κ3) is 3.91. The lowest BCUT2D eigenvalue weighted by atomic mass is 9.68. The SMILES string of the molecule is COCOC(=O)C1C2CC(C1C(=O)OC)C(C(=O)OCOC)C2C(=O)OC. The predicted molar refractivity (Wildman–Crippen MR) is 85.5 cm³/mol. The zero-order valence-corrected chi connectivity index (χ0v) is 15.7. The summed E-state index contributed by atoms with van der Waals surface area (Å²) in [6.45, 7) is -0.578. The summed E-state index contributed by atoms with van der Waals surface area (Å²) in [5.74, 6) is -7.61. The van der Waals surface area contributed by atoms with Crippen LogP contribution in [0.5, 0.6) is 0 Å². The Bertz CT molecular complexity index is 538. The minimum atomic E-state index is -0.937. The van der Waals surface area contributed by atoms with Crippen molar-refractivity contribution >= 4 is 23.9 Å². The number of rotatable bonds is 8. The summed E-state index contributed by atoms with van der Waals surface area (Å²) in [5, 5.41) is 0. The molecule has 0 aromatic carbocycles. The van der Waals surface area contributed by atoms with Gasteiger partial charge in [0.05, 0.1) is 37.9 Å². The minimum absolute atomic E-state index is 0.289. The van der Waals surface area contributed by atoms with Crippen LogP contribution < -0.4 is 0 Å². The van der Waals surface area contributed by atoms with E-state index in [1.807, 2.05) is 0 Å². The number of carbonyl (C=O) groups is 4. The van der Waals surface area contributed by atoms with E-state index >= 15 is 0 Å². The maximum atomic E-state index is 12.5. The average molecular weight is 388 g/mol. The number of methoxy groups -OCH3 is 4. The van der Waals surface area contributed by atoms with Crippen molar-refractivity contribution in [2.75, 3.05) is 42.0 Å². The van der Waals surface area contributed by atoms with E-state index in [4.69, 9.17) is 28.4 Å². The van der Waals surface area contributed by atoms with Crippen LogP contribution in [0.15, 0.2) is 0 Å². The number of hydrogen-bond acceptors (Lipinski definition) is 10. The zero-order chi connectivity index (χ0) is 20.1. The average Bonchev–Trinajstić information content (AvgIpc) is 3.24. The molecule has 2 bridgehead atoms. The van der Waals surface area contributed by atoms with Crippen LogP contribution in [0.4, 0.5) is 0 Å². The van der Waals surface area contributed by atoms with E-state index in [1.165, 1.54) is 28.4 Å². The Balaban J connectivity index is 2.37. The summed E-state index contributed by atoms with van der Waals surface area (Å²) in [4.78, 5) is 49.8. The maximum Gasteiger partial charge on any atom is 0.312 e. The van der Waals surface area contributed by atoms with E-state index in [0.29, 0.717) is 6.42 Å². The Labute approximate surface area is 156 Å². The van der Waals surface area contributed by atoms with E-state index in [2.05, 4.69) is 0 Å². The molecule has 0 aromatic heterocycles. The molecule has 2 aliphatic carbocycles. The lowest BCUT2D eigenvalue weighted by Gasteiger charge is -2.35. The molecule has 0 radical (unpaired) electrons. The number of esters is 4. The van der Waals surface area contributed by atoms with Crippen molar-refractivity contribution in [2.45, 2.75) is 6.42 Å². The van der Waals surface area contributed by atoms with Gasteiger partial charge in [0.1, 0.15) is 0 Å². The van der Waals surface area contributed by atoms with Gasteiger partial charge in [0, 0.05) is 14.2 Å². The summed E-state index contributed by atoms with van der Waals surface area (Å²) >= 11 is 0. The van der Waals surface area contributed by atoms with Gasteiger partial charge in [-0.2, -0.15) is 0 Å². The second kappa shape index (κ2) is 9.14. The number of hydrogen-bond donors (Lipinski definition) is 0. The molecule has 10 heteroatoms. The van der Waals surface area contributed by atoms with Crippen molar-refractivity contribution in [2.24, 2.45) is 35.5 Å². The van der Waals surface area contributed by atoms with E-state index in [-0.39, 0.29) is 13.6 Å². The first-order valence-corrected chi connectivity index (χ1v) is 8.39. The molecular weight excluding hydrogens is 364 g/mol. The summed E-state index contributed by atoms with van der Waals surface area (Å²) in [5.41, 5.74) is 0. The first-order chi connectivity index (χ1) is 12.9. The monoisotopic (exact) mass is 388 g/mol. The van der Waals surface area contributed by atoms with Gasteiger partial charge in [-0.05, 0) is 18.3 Å². The predicted octanol–water partition coefficient (Wildman–Crippen LogP) is -0.259. The Morgan fingerprint density at radius 1 is 0.630 bits per heavy atom. The van der Waals surface area contributed by atoms with E-state index < -0.39 is 59.4 Å². The van der Waals surface area contributed by atoms with Crippen molar-refractivity contribution in [1.82, 2.24) is 0 Å². The molecule has 2 saturated carbocycles. The molecule has 2 aliphatic rings. The van der Waals surface area contributed by atoms with Gasteiger partial charge in [0.25, 0.3) is 0 Å². The third-order valence-corrected chi connectivity index (χ3v) is 5.29. The van der Waals surface area contributed by atoms with Crippen molar-refractivity contribution in [3.63, 3.8) is 0 Å². The molecule has 0 aliphatic heterocycles. The minimum Gasteiger partial charge on any atom is -0.469 e. The number of carbonyl (C=O) groups excluding carboxylic acids is 4. The summed E-state index contributed by atoms with van der Waals surface area (Å²) in [6.07, 6.45) is 0.291. The Morgan fingerprint density at radius 2 is 0.963 bits per heavy atom. The lowest BCUT2D eigenvalue weighted by molar-refractivity contribution is -0.181. The highest BCUT2D eigenvalue weighted by Gasteiger charge is 2.67. The largest absolute Gasteiger partial charge is 0.469 e. The molecular formula is C17H24O10. The van der Waals surface area contributed by atoms with Crippen molar-refractivity contribution in [3.05, 3.63) is 0 Å². The third-order valence-electron chi connectivity index (χ3n) is 5.29. The fourth-order valence-electron chi connectivity index (χ4n) is 4.40. The molecule has 2 fully saturated rings. The van der Waals surface area contributed by atoms with Gasteiger partial charge < -0.3 is 28.4 Å². The highest BCUT2D eigenvalue weighted by Crippen LogP contribution is 2.59. The topological polar surface area (TPSA) is 124 Å². The molecule has 0 heterocycles. The second-order valence-electron chi connectivity index (χ2n) is 6.45. The number of ether oxygens (including phenoxy) is 6. The smallest absolute Gasteiger partial charge is 0.312 e. The van der Waals surface area contributed by atoms with Crippen molar-refractivity contribution in [3.8, 4) is 0 Å². The molecule has 0 N–H and O–H groups in total. The summed E-state index contributed by atoms with van der Waals surface area (Å²) in [6, 6.07) is 0. The van der Waals surface area contributed by atoms with Gasteiger partial charge in [-0.1, -0.05) is 0 Å². The van der Waals surface area contributed by atoms with Crippen LogP contribution in [0.3, 0.4) is 0 Å². The maximum absolute atomic E-state index is 12.5. The van der Waals surface area contributed by atoms with E-state index in [1.54, 1.807) is 0 Å². The first kappa shape index (κ1) is 21.1. The van der Waals surface area contributed by atoms with Gasteiger partial charge in [-0.3, -0.25) is 19.2 Å². The van der Waals surface area contributed by atoms with Gasteiger partial charge in [0.15, 0.2) is 13.6 Å². The van der Waals surface area contributed by atoms with Crippen LogP contribution >= 0.6 is 0 Å².